The Kier molecular flexibility index (Phi) is 4.77. The number of ketones is 1. The molecule has 0 aliphatic rings. The first-order valence-corrected chi connectivity index (χ1v) is 11.5. The Morgan fingerprint density at radius 1 is 0.758 bits per heavy atom. The summed E-state index contributed by atoms with van der Waals surface area (Å²) in [5.74, 6) is 0.0336. The average molecular weight is 492 g/mol. The van der Waals surface area contributed by atoms with E-state index in [2.05, 4.69) is 28.1 Å². The maximum absolute atomic E-state index is 13.3. The van der Waals surface area contributed by atoms with Gasteiger partial charge in [-0.25, -0.2) is 9.97 Å². The maximum Gasteiger partial charge on any atom is 0.182 e. The minimum Gasteiger partial charge on any atom is -0.316 e. The van der Waals surface area contributed by atoms with E-state index in [0.717, 1.165) is 48.7 Å². The number of carbonyl (C=O) groups is 1. The predicted octanol–water partition coefficient (Wildman–Crippen LogP) is 7.05. The van der Waals surface area contributed by atoms with E-state index >= 15 is 0 Å². The Bertz CT molecular complexity index is 1650. The molecule has 158 valence electrons. The standard InChI is InChI=1S/C28H18BrN3O/c29-21-14-15-25-22(16-21)27-28(31-24-9-5-4-8-23(24)30-27)32(25)17-26(33)20-12-10-19(11-13-20)18-6-2-1-3-7-18/h1-16H,17H2. The topological polar surface area (TPSA) is 47.8 Å². The highest BCUT2D eigenvalue weighted by Crippen LogP contribution is 2.31. The fraction of sp³-hybridized carbons (Fsp3) is 0.0357. The number of nitrogens with zero attached hydrogens (tertiary/aromatic N) is 3. The van der Waals surface area contributed by atoms with E-state index in [1.165, 1.54) is 0 Å². The molecule has 0 N–H and O–H groups in total. The average Bonchev–Trinajstić information content (AvgIpc) is 3.15. The van der Waals surface area contributed by atoms with Crippen molar-refractivity contribution in [1.29, 1.82) is 0 Å². The van der Waals surface area contributed by atoms with Crippen molar-refractivity contribution < 1.29 is 4.79 Å². The van der Waals surface area contributed by atoms with Crippen molar-refractivity contribution in [2.24, 2.45) is 0 Å². The van der Waals surface area contributed by atoms with Crippen LogP contribution in [0.3, 0.4) is 0 Å². The molecule has 0 bridgehead atoms. The van der Waals surface area contributed by atoms with Crippen LogP contribution in [-0.4, -0.2) is 20.3 Å². The zero-order valence-corrected chi connectivity index (χ0v) is 19.2. The lowest BCUT2D eigenvalue weighted by Crippen LogP contribution is -2.11. The van der Waals surface area contributed by atoms with Crippen LogP contribution in [0.2, 0.25) is 0 Å². The van der Waals surface area contributed by atoms with Gasteiger partial charge < -0.3 is 4.57 Å². The van der Waals surface area contributed by atoms with Crippen LogP contribution in [0.5, 0.6) is 0 Å². The van der Waals surface area contributed by atoms with Crippen molar-refractivity contribution in [3.63, 3.8) is 0 Å². The van der Waals surface area contributed by atoms with Crippen LogP contribution < -0.4 is 0 Å². The number of hydrogen-bond acceptors (Lipinski definition) is 3. The molecule has 0 saturated heterocycles. The van der Waals surface area contributed by atoms with E-state index in [1.807, 2.05) is 89.5 Å². The number of rotatable bonds is 4. The van der Waals surface area contributed by atoms with Gasteiger partial charge in [-0.15, -0.1) is 0 Å². The molecule has 0 unspecified atom stereocenters. The van der Waals surface area contributed by atoms with Gasteiger partial charge in [0.05, 0.1) is 23.1 Å². The van der Waals surface area contributed by atoms with Gasteiger partial charge in [-0.2, -0.15) is 0 Å². The lowest BCUT2D eigenvalue weighted by molar-refractivity contribution is 0.0974. The van der Waals surface area contributed by atoms with Crippen molar-refractivity contribution in [3.05, 3.63) is 107 Å². The van der Waals surface area contributed by atoms with Crippen LogP contribution in [0.25, 0.3) is 44.2 Å². The number of halogens is 1. The summed E-state index contributed by atoms with van der Waals surface area (Å²) in [5.41, 5.74) is 7.01. The van der Waals surface area contributed by atoms with E-state index in [1.54, 1.807) is 0 Å². The lowest BCUT2D eigenvalue weighted by Gasteiger charge is -2.08. The molecule has 33 heavy (non-hydrogen) atoms. The lowest BCUT2D eigenvalue weighted by atomic mass is 10.0. The first kappa shape index (κ1) is 19.8. The molecular formula is C28H18BrN3O. The Hall–Kier alpha value is -3.83. The molecule has 5 heteroatoms. The number of aromatic nitrogens is 3. The van der Waals surface area contributed by atoms with Crippen LogP contribution >= 0.6 is 15.9 Å². The molecule has 0 aliphatic carbocycles. The van der Waals surface area contributed by atoms with E-state index in [0.29, 0.717) is 5.56 Å². The van der Waals surface area contributed by atoms with Gasteiger partial charge in [0.1, 0.15) is 5.52 Å². The molecule has 0 radical (unpaired) electrons. The van der Waals surface area contributed by atoms with Gasteiger partial charge in [0.25, 0.3) is 0 Å². The minimum absolute atomic E-state index is 0.0336. The quantitative estimate of drug-likeness (QED) is 0.248. The molecule has 0 spiro atoms. The SMILES string of the molecule is O=C(Cn1c2ccc(Br)cc2c2nc3ccccc3nc21)c1ccc(-c2ccccc2)cc1. The van der Waals surface area contributed by atoms with Crippen LogP contribution in [0.1, 0.15) is 10.4 Å². The highest BCUT2D eigenvalue weighted by atomic mass is 79.9. The van der Waals surface area contributed by atoms with Gasteiger partial charge in [-0.05, 0) is 41.5 Å². The highest BCUT2D eigenvalue weighted by Gasteiger charge is 2.18. The second-order valence-electron chi connectivity index (χ2n) is 8.00. The van der Waals surface area contributed by atoms with E-state index in [-0.39, 0.29) is 12.3 Å². The number of benzene rings is 4. The third-order valence-electron chi connectivity index (χ3n) is 5.93. The summed E-state index contributed by atoms with van der Waals surface area (Å²) < 4.78 is 2.94. The molecule has 0 fully saturated rings. The van der Waals surface area contributed by atoms with Gasteiger partial charge in [0.15, 0.2) is 11.4 Å². The maximum atomic E-state index is 13.3. The fourth-order valence-corrected chi connectivity index (χ4v) is 4.64. The summed E-state index contributed by atoms with van der Waals surface area (Å²) in [6, 6.07) is 31.8. The molecular weight excluding hydrogens is 474 g/mol. The van der Waals surface area contributed by atoms with E-state index in [4.69, 9.17) is 9.97 Å². The van der Waals surface area contributed by atoms with E-state index in [9.17, 15) is 4.79 Å². The third-order valence-corrected chi connectivity index (χ3v) is 6.42. The second-order valence-corrected chi connectivity index (χ2v) is 8.91. The van der Waals surface area contributed by atoms with Gasteiger partial charge in [-0.1, -0.05) is 82.7 Å². The van der Waals surface area contributed by atoms with Crippen molar-refractivity contribution in [3.8, 4) is 11.1 Å². The highest BCUT2D eigenvalue weighted by molar-refractivity contribution is 9.10. The van der Waals surface area contributed by atoms with Gasteiger partial charge in [0, 0.05) is 15.4 Å². The second kappa shape index (κ2) is 7.94. The van der Waals surface area contributed by atoms with Crippen LogP contribution in [0, 0.1) is 0 Å². The fourth-order valence-electron chi connectivity index (χ4n) is 4.28. The molecule has 4 nitrogen and oxygen atoms in total. The number of fused-ring (bicyclic) bond motifs is 4. The first-order valence-electron chi connectivity index (χ1n) is 10.7. The Morgan fingerprint density at radius 3 is 2.18 bits per heavy atom. The molecule has 0 amide bonds. The number of Topliss-reactive ketones (excluding diaryl/α,β-unsaturated/α-hetero) is 1. The van der Waals surface area contributed by atoms with Crippen molar-refractivity contribution >= 4 is 54.8 Å². The van der Waals surface area contributed by atoms with Crippen LogP contribution in [-0.2, 0) is 6.54 Å². The summed E-state index contributed by atoms with van der Waals surface area (Å²) in [6.07, 6.45) is 0. The van der Waals surface area contributed by atoms with Crippen LogP contribution in [0.15, 0.2) is 102 Å². The van der Waals surface area contributed by atoms with Gasteiger partial charge in [0.2, 0.25) is 0 Å². The van der Waals surface area contributed by atoms with Gasteiger partial charge >= 0.3 is 0 Å². The number of para-hydroxylation sites is 2. The first-order chi connectivity index (χ1) is 16.2. The summed E-state index contributed by atoms with van der Waals surface area (Å²) in [4.78, 5) is 23.1. The minimum atomic E-state index is 0.0336. The molecule has 6 rings (SSSR count). The molecule has 0 saturated carbocycles. The van der Waals surface area contributed by atoms with E-state index < -0.39 is 0 Å². The number of hydrogen-bond donors (Lipinski definition) is 0. The zero-order chi connectivity index (χ0) is 22.4. The van der Waals surface area contributed by atoms with Gasteiger partial charge in [-0.3, -0.25) is 4.79 Å². The Balaban J connectivity index is 1.44. The molecule has 2 heterocycles. The van der Waals surface area contributed by atoms with Crippen LogP contribution in [0.4, 0.5) is 0 Å². The smallest absolute Gasteiger partial charge is 0.182 e. The number of carbonyl (C=O) groups excluding carboxylic acids is 1. The summed E-state index contributed by atoms with van der Waals surface area (Å²) >= 11 is 3.57. The molecule has 4 aromatic carbocycles. The largest absolute Gasteiger partial charge is 0.316 e. The molecule has 0 aliphatic heterocycles. The summed E-state index contributed by atoms with van der Waals surface area (Å²) in [5, 5.41) is 0.977. The van der Waals surface area contributed by atoms with Crippen molar-refractivity contribution in [1.82, 2.24) is 14.5 Å². The van der Waals surface area contributed by atoms with Crippen molar-refractivity contribution in [2.75, 3.05) is 0 Å². The third kappa shape index (κ3) is 3.51. The predicted molar refractivity (Wildman–Crippen MR) is 136 cm³/mol. The summed E-state index contributed by atoms with van der Waals surface area (Å²) in [7, 11) is 0. The summed E-state index contributed by atoms with van der Waals surface area (Å²) in [6.45, 7) is 0.194. The Labute approximate surface area is 198 Å². The molecule has 6 aromatic rings. The normalized spacial score (nSPS) is 11.4. The molecule has 2 aromatic heterocycles. The van der Waals surface area contributed by atoms with Crippen molar-refractivity contribution in [2.45, 2.75) is 6.54 Å². The Morgan fingerprint density at radius 2 is 1.42 bits per heavy atom. The monoisotopic (exact) mass is 491 g/mol. The zero-order valence-electron chi connectivity index (χ0n) is 17.6. The molecule has 0 atom stereocenters.